The second-order valence-corrected chi connectivity index (χ2v) is 7.31. The normalized spacial score (nSPS) is 11.1. The van der Waals surface area contributed by atoms with Crippen LogP contribution in [0.5, 0.6) is 0 Å². The fourth-order valence-electron chi connectivity index (χ4n) is 2.29. The van der Waals surface area contributed by atoms with Crippen molar-refractivity contribution in [2.75, 3.05) is 10.8 Å². The Hall–Kier alpha value is -2.94. The number of aliphatic carboxylic acids is 1. The Bertz CT molecular complexity index is 939. The zero-order chi connectivity index (χ0) is 18.8. The summed E-state index contributed by atoms with van der Waals surface area (Å²) in [6.45, 7) is 2.43. The minimum Gasteiger partial charge on any atom is -0.480 e. The maximum Gasteiger partial charge on any atom is 0.324 e. The summed E-state index contributed by atoms with van der Waals surface area (Å²) < 4.78 is 26.5. The smallest absolute Gasteiger partial charge is 0.324 e. The molecule has 25 heavy (non-hydrogen) atoms. The molecule has 0 aliphatic rings. The van der Waals surface area contributed by atoms with Crippen molar-refractivity contribution in [2.45, 2.75) is 18.7 Å². The molecule has 2 aromatic rings. The predicted octanol–water partition coefficient (Wildman–Crippen LogP) is 2.49. The van der Waals surface area contributed by atoms with Gasteiger partial charge >= 0.3 is 5.97 Å². The first-order chi connectivity index (χ1) is 11.6. The van der Waals surface area contributed by atoms with Crippen molar-refractivity contribution in [2.24, 2.45) is 0 Å². The van der Waals surface area contributed by atoms with Gasteiger partial charge in [-0.25, -0.2) is 8.42 Å². The summed E-state index contributed by atoms with van der Waals surface area (Å²) in [7, 11) is -4.29. The summed E-state index contributed by atoms with van der Waals surface area (Å²) in [5, 5.41) is 20.2. The van der Waals surface area contributed by atoms with Gasteiger partial charge in [0.2, 0.25) is 0 Å². The maximum atomic E-state index is 12.9. The average molecular weight is 364 g/mol. The molecule has 0 aliphatic heterocycles. The van der Waals surface area contributed by atoms with Crippen molar-refractivity contribution >= 4 is 27.4 Å². The van der Waals surface area contributed by atoms with Gasteiger partial charge in [0.15, 0.2) is 0 Å². The number of hydrogen-bond donors (Lipinski definition) is 1. The Morgan fingerprint density at radius 3 is 2.44 bits per heavy atom. The van der Waals surface area contributed by atoms with Crippen LogP contribution in [0.25, 0.3) is 0 Å². The van der Waals surface area contributed by atoms with E-state index in [2.05, 4.69) is 0 Å². The SMILES string of the molecule is Cc1cccc(N(CC(=O)O)S(=O)(=O)c2ccc(C)c([N+](=O)[O-])c2)c1. The van der Waals surface area contributed by atoms with Gasteiger partial charge in [0, 0.05) is 11.6 Å². The van der Waals surface area contributed by atoms with E-state index < -0.39 is 27.5 Å². The van der Waals surface area contributed by atoms with Crippen LogP contribution in [0.1, 0.15) is 11.1 Å². The predicted molar refractivity (Wildman–Crippen MR) is 91.2 cm³/mol. The van der Waals surface area contributed by atoms with Crippen LogP contribution in [0.2, 0.25) is 0 Å². The molecule has 0 saturated heterocycles. The highest BCUT2D eigenvalue weighted by Gasteiger charge is 2.29. The highest BCUT2D eigenvalue weighted by molar-refractivity contribution is 7.92. The fourth-order valence-corrected chi connectivity index (χ4v) is 3.72. The molecule has 0 atom stereocenters. The first kappa shape index (κ1) is 18.4. The number of sulfonamides is 1. The fraction of sp³-hybridized carbons (Fsp3) is 0.188. The molecule has 9 heteroatoms. The largest absolute Gasteiger partial charge is 0.480 e. The molecule has 0 unspecified atom stereocenters. The van der Waals surface area contributed by atoms with Crippen LogP contribution in [0.15, 0.2) is 47.4 Å². The van der Waals surface area contributed by atoms with Crippen molar-refractivity contribution in [3.63, 3.8) is 0 Å². The van der Waals surface area contributed by atoms with E-state index in [0.717, 1.165) is 15.9 Å². The number of carbonyl (C=O) groups is 1. The molecule has 0 saturated carbocycles. The summed E-state index contributed by atoms with van der Waals surface area (Å²) >= 11 is 0. The molecule has 0 radical (unpaired) electrons. The Balaban J connectivity index is 2.61. The van der Waals surface area contributed by atoms with E-state index in [1.54, 1.807) is 19.1 Å². The van der Waals surface area contributed by atoms with Crippen LogP contribution in [0.3, 0.4) is 0 Å². The molecule has 132 valence electrons. The molecule has 2 aromatic carbocycles. The Morgan fingerprint density at radius 1 is 1.20 bits per heavy atom. The third kappa shape index (κ3) is 3.94. The second-order valence-electron chi connectivity index (χ2n) is 5.45. The van der Waals surface area contributed by atoms with Gasteiger partial charge in [-0.3, -0.25) is 19.2 Å². The number of nitro groups is 1. The third-order valence-corrected chi connectivity index (χ3v) is 5.30. The molecule has 0 amide bonds. The topological polar surface area (TPSA) is 118 Å². The molecular formula is C16H16N2O6S. The maximum absolute atomic E-state index is 12.9. The lowest BCUT2D eigenvalue weighted by Crippen LogP contribution is -2.35. The number of rotatable bonds is 6. The van der Waals surface area contributed by atoms with Crippen molar-refractivity contribution < 1.29 is 23.2 Å². The molecule has 0 bridgehead atoms. The lowest BCUT2D eigenvalue weighted by atomic mass is 10.2. The number of aryl methyl sites for hydroxylation is 2. The Kier molecular flexibility index (Phi) is 5.07. The van der Waals surface area contributed by atoms with Gasteiger partial charge in [0.05, 0.1) is 15.5 Å². The van der Waals surface area contributed by atoms with Crippen LogP contribution < -0.4 is 4.31 Å². The Labute approximate surface area is 144 Å². The van der Waals surface area contributed by atoms with Crippen molar-refractivity contribution in [3.05, 3.63) is 63.7 Å². The molecule has 8 nitrogen and oxygen atoms in total. The highest BCUT2D eigenvalue weighted by Crippen LogP contribution is 2.28. The van der Waals surface area contributed by atoms with Crippen LogP contribution >= 0.6 is 0 Å². The molecule has 0 heterocycles. The van der Waals surface area contributed by atoms with Crippen LogP contribution in [0.4, 0.5) is 11.4 Å². The first-order valence-electron chi connectivity index (χ1n) is 7.19. The number of benzene rings is 2. The van der Waals surface area contributed by atoms with E-state index in [1.807, 2.05) is 0 Å². The van der Waals surface area contributed by atoms with E-state index >= 15 is 0 Å². The van der Waals surface area contributed by atoms with E-state index in [4.69, 9.17) is 5.11 Å². The summed E-state index contributed by atoms with van der Waals surface area (Å²) in [6.07, 6.45) is 0. The molecule has 0 fully saturated rings. The van der Waals surface area contributed by atoms with Gasteiger partial charge in [0.25, 0.3) is 15.7 Å². The lowest BCUT2D eigenvalue weighted by Gasteiger charge is -2.23. The van der Waals surface area contributed by atoms with Gasteiger partial charge in [-0.1, -0.05) is 18.2 Å². The lowest BCUT2D eigenvalue weighted by molar-refractivity contribution is -0.385. The average Bonchev–Trinajstić information content (AvgIpc) is 2.52. The molecule has 2 rings (SSSR count). The summed E-state index contributed by atoms with van der Waals surface area (Å²) in [4.78, 5) is 21.2. The zero-order valence-electron chi connectivity index (χ0n) is 13.5. The minimum absolute atomic E-state index is 0.172. The summed E-state index contributed by atoms with van der Waals surface area (Å²) in [5.74, 6) is -1.34. The molecule has 0 aromatic heterocycles. The van der Waals surface area contributed by atoms with Gasteiger partial charge in [0.1, 0.15) is 6.54 Å². The minimum atomic E-state index is -4.29. The molecule has 0 spiro atoms. The molecular weight excluding hydrogens is 348 g/mol. The van der Waals surface area contributed by atoms with Crippen molar-refractivity contribution in [1.82, 2.24) is 0 Å². The standard InChI is InChI=1S/C16H16N2O6S/c1-11-4-3-5-13(8-11)17(10-16(19)20)25(23,24)14-7-6-12(2)15(9-14)18(21)22/h3-9H,10H2,1-2H3,(H,19,20). The molecule has 1 N–H and O–H groups in total. The number of carboxylic acids is 1. The highest BCUT2D eigenvalue weighted by atomic mass is 32.2. The van der Waals surface area contributed by atoms with Gasteiger partial charge in [-0.2, -0.15) is 0 Å². The van der Waals surface area contributed by atoms with E-state index in [9.17, 15) is 23.3 Å². The van der Waals surface area contributed by atoms with Gasteiger partial charge in [-0.05, 0) is 37.6 Å². The van der Waals surface area contributed by atoms with Crippen molar-refractivity contribution in [3.8, 4) is 0 Å². The quantitative estimate of drug-likeness (QED) is 0.621. The monoisotopic (exact) mass is 364 g/mol. The summed E-state index contributed by atoms with van der Waals surface area (Å²) in [5.41, 5.74) is 0.883. The summed E-state index contributed by atoms with van der Waals surface area (Å²) in [6, 6.07) is 9.83. The second kappa shape index (κ2) is 6.89. The van der Waals surface area contributed by atoms with Crippen LogP contribution in [-0.4, -0.2) is 31.0 Å². The molecule has 0 aliphatic carbocycles. The number of nitro benzene ring substituents is 1. The van der Waals surface area contributed by atoms with E-state index in [-0.39, 0.29) is 16.3 Å². The third-order valence-electron chi connectivity index (χ3n) is 3.53. The zero-order valence-corrected chi connectivity index (χ0v) is 14.4. The van der Waals surface area contributed by atoms with Gasteiger partial charge < -0.3 is 5.11 Å². The number of anilines is 1. The first-order valence-corrected chi connectivity index (χ1v) is 8.63. The van der Waals surface area contributed by atoms with Gasteiger partial charge in [-0.15, -0.1) is 0 Å². The number of hydrogen-bond acceptors (Lipinski definition) is 5. The van der Waals surface area contributed by atoms with E-state index in [0.29, 0.717) is 5.56 Å². The van der Waals surface area contributed by atoms with Crippen LogP contribution in [0, 0.1) is 24.0 Å². The van der Waals surface area contributed by atoms with Crippen LogP contribution in [-0.2, 0) is 14.8 Å². The van der Waals surface area contributed by atoms with E-state index in [1.165, 1.54) is 31.2 Å². The Morgan fingerprint density at radius 2 is 1.88 bits per heavy atom. The number of carboxylic acid groups (broad SMARTS) is 1. The number of nitrogens with zero attached hydrogens (tertiary/aromatic N) is 2. The van der Waals surface area contributed by atoms with Crippen molar-refractivity contribution in [1.29, 1.82) is 0 Å².